The van der Waals surface area contributed by atoms with E-state index in [1.807, 2.05) is 0 Å². The monoisotopic (exact) mass is 280 g/mol. The lowest BCUT2D eigenvalue weighted by atomic mass is 9.88. The maximum absolute atomic E-state index is 13.7. The first-order valence-corrected chi connectivity index (χ1v) is 7.69. The maximum atomic E-state index is 13.7. The fourth-order valence-electron chi connectivity index (χ4n) is 3.70. The van der Waals surface area contributed by atoms with Gasteiger partial charge in [0.15, 0.2) is 0 Å². The molecule has 1 aromatic rings. The standard InChI is InChI=1S/C16H22F2N2/c17-11-7-8-13(18)16(10-11)20-15-6-3-4-12(15)14-5-1-2-9-19-14/h7-8,10,12,14-15,19-20H,1-6,9H2. The second-order valence-corrected chi connectivity index (χ2v) is 6.03. The van der Waals surface area contributed by atoms with Gasteiger partial charge in [-0.1, -0.05) is 12.8 Å². The lowest BCUT2D eigenvalue weighted by molar-refractivity contribution is 0.286. The molecule has 2 fully saturated rings. The Balaban J connectivity index is 1.70. The summed E-state index contributed by atoms with van der Waals surface area (Å²) in [5.41, 5.74) is 0.303. The van der Waals surface area contributed by atoms with E-state index in [4.69, 9.17) is 0 Å². The minimum atomic E-state index is -0.390. The Kier molecular flexibility index (Phi) is 4.20. The van der Waals surface area contributed by atoms with Gasteiger partial charge in [-0.2, -0.15) is 0 Å². The largest absolute Gasteiger partial charge is 0.380 e. The molecule has 4 heteroatoms. The van der Waals surface area contributed by atoms with E-state index < -0.39 is 0 Å². The van der Waals surface area contributed by atoms with E-state index in [0.29, 0.717) is 17.6 Å². The first kappa shape index (κ1) is 13.8. The van der Waals surface area contributed by atoms with Crippen molar-refractivity contribution in [3.8, 4) is 0 Å². The molecule has 3 unspecified atom stereocenters. The predicted molar refractivity (Wildman–Crippen MR) is 76.8 cm³/mol. The van der Waals surface area contributed by atoms with E-state index in [0.717, 1.165) is 25.5 Å². The van der Waals surface area contributed by atoms with Crippen molar-refractivity contribution in [2.75, 3.05) is 11.9 Å². The molecule has 1 aliphatic carbocycles. The highest BCUT2D eigenvalue weighted by Gasteiger charge is 2.34. The van der Waals surface area contributed by atoms with Crippen molar-refractivity contribution in [1.82, 2.24) is 5.32 Å². The Hall–Kier alpha value is -1.16. The van der Waals surface area contributed by atoms with Crippen LogP contribution in [0.4, 0.5) is 14.5 Å². The number of hydrogen-bond acceptors (Lipinski definition) is 2. The maximum Gasteiger partial charge on any atom is 0.146 e. The Morgan fingerprint density at radius 3 is 2.75 bits per heavy atom. The number of hydrogen-bond donors (Lipinski definition) is 2. The third kappa shape index (κ3) is 2.95. The van der Waals surface area contributed by atoms with Crippen molar-refractivity contribution in [3.05, 3.63) is 29.8 Å². The normalized spacial score (nSPS) is 30.4. The predicted octanol–water partition coefficient (Wildman–Crippen LogP) is 3.69. The molecule has 1 saturated carbocycles. The van der Waals surface area contributed by atoms with Crippen molar-refractivity contribution in [1.29, 1.82) is 0 Å². The molecule has 0 radical (unpaired) electrons. The first-order valence-electron chi connectivity index (χ1n) is 7.69. The van der Waals surface area contributed by atoms with Crippen molar-refractivity contribution in [3.63, 3.8) is 0 Å². The van der Waals surface area contributed by atoms with Crippen molar-refractivity contribution in [2.24, 2.45) is 5.92 Å². The van der Waals surface area contributed by atoms with Crippen LogP contribution in [0.3, 0.4) is 0 Å². The summed E-state index contributed by atoms with van der Waals surface area (Å²) in [6.45, 7) is 1.09. The van der Waals surface area contributed by atoms with Gasteiger partial charge in [-0.3, -0.25) is 0 Å². The van der Waals surface area contributed by atoms with Crippen LogP contribution in [0.5, 0.6) is 0 Å². The molecule has 1 saturated heterocycles. The number of rotatable bonds is 3. The zero-order valence-corrected chi connectivity index (χ0v) is 11.7. The van der Waals surface area contributed by atoms with E-state index in [1.54, 1.807) is 0 Å². The molecule has 2 nitrogen and oxygen atoms in total. The van der Waals surface area contributed by atoms with Crippen LogP contribution >= 0.6 is 0 Å². The smallest absolute Gasteiger partial charge is 0.146 e. The molecule has 1 aliphatic heterocycles. The fourth-order valence-corrected chi connectivity index (χ4v) is 3.70. The number of benzene rings is 1. The molecule has 0 spiro atoms. The van der Waals surface area contributed by atoms with E-state index in [1.165, 1.54) is 37.8 Å². The van der Waals surface area contributed by atoms with Crippen LogP contribution < -0.4 is 10.6 Å². The minimum Gasteiger partial charge on any atom is -0.380 e. The van der Waals surface area contributed by atoms with Gasteiger partial charge in [-0.05, 0) is 56.3 Å². The summed E-state index contributed by atoms with van der Waals surface area (Å²) < 4.78 is 27.0. The van der Waals surface area contributed by atoms with Crippen LogP contribution in [0.15, 0.2) is 18.2 Å². The van der Waals surface area contributed by atoms with Crippen LogP contribution in [-0.4, -0.2) is 18.6 Å². The molecule has 20 heavy (non-hydrogen) atoms. The van der Waals surface area contributed by atoms with E-state index in [2.05, 4.69) is 10.6 Å². The van der Waals surface area contributed by atoms with Gasteiger partial charge < -0.3 is 10.6 Å². The van der Waals surface area contributed by atoms with Gasteiger partial charge in [0.2, 0.25) is 0 Å². The SMILES string of the molecule is Fc1ccc(F)c(NC2CCCC2C2CCCCN2)c1. The molecule has 2 N–H and O–H groups in total. The van der Waals surface area contributed by atoms with Gasteiger partial charge in [0.05, 0.1) is 5.69 Å². The van der Waals surface area contributed by atoms with E-state index in [9.17, 15) is 8.78 Å². The Labute approximate surface area is 118 Å². The third-order valence-corrected chi connectivity index (χ3v) is 4.70. The lowest BCUT2D eigenvalue weighted by Crippen LogP contribution is -2.44. The molecular formula is C16H22F2N2. The highest BCUT2D eigenvalue weighted by molar-refractivity contribution is 5.46. The molecule has 1 aromatic carbocycles. The van der Waals surface area contributed by atoms with Gasteiger partial charge in [-0.15, -0.1) is 0 Å². The summed E-state index contributed by atoms with van der Waals surface area (Å²) in [6.07, 6.45) is 7.10. The van der Waals surface area contributed by atoms with Crippen molar-refractivity contribution < 1.29 is 8.78 Å². The zero-order valence-electron chi connectivity index (χ0n) is 11.7. The zero-order chi connectivity index (χ0) is 13.9. The molecule has 2 aliphatic rings. The Bertz CT molecular complexity index is 458. The molecule has 0 aromatic heterocycles. The molecule has 0 bridgehead atoms. The lowest BCUT2D eigenvalue weighted by Gasteiger charge is -2.33. The minimum absolute atomic E-state index is 0.252. The average molecular weight is 280 g/mol. The summed E-state index contributed by atoms with van der Waals surface area (Å²) in [5.74, 6) is -0.231. The highest BCUT2D eigenvalue weighted by atomic mass is 19.1. The fraction of sp³-hybridized carbons (Fsp3) is 0.625. The van der Waals surface area contributed by atoms with Crippen LogP contribution in [0, 0.1) is 17.6 Å². The van der Waals surface area contributed by atoms with E-state index in [-0.39, 0.29) is 17.7 Å². The van der Waals surface area contributed by atoms with E-state index >= 15 is 0 Å². The molecule has 3 rings (SSSR count). The van der Waals surface area contributed by atoms with Crippen molar-refractivity contribution in [2.45, 2.75) is 50.6 Å². The topological polar surface area (TPSA) is 24.1 Å². The highest BCUT2D eigenvalue weighted by Crippen LogP contribution is 2.34. The third-order valence-electron chi connectivity index (χ3n) is 4.70. The van der Waals surface area contributed by atoms with Crippen LogP contribution in [0.2, 0.25) is 0 Å². The van der Waals surface area contributed by atoms with Gasteiger partial charge >= 0.3 is 0 Å². The molecule has 110 valence electrons. The molecule has 0 amide bonds. The second kappa shape index (κ2) is 6.08. The molecular weight excluding hydrogens is 258 g/mol. The van der Waals surface area contributed by atoms with Gasteiger partial charge in [0, 0.05) is 12.1 Å². The summed E-state index contributed by atoms with van der Waals surface area (Å²) in [6, 6.07) is 4.40. The van der Waals surface area contributed by atoms with Crippen molar-refractivity contribution >= 4 is 5.69 Å². The van der Waals surface area contributed by atoms with Gasteiger partial charge in [-0.25, -0.2) is 8.78 Å². The summed E-state index contributed by atoms with van der Waals surface area (Å²) >= 11 is 0. The summed E-state index contributed by atoms with van der Waals surface area (Å²) in [5, 5.41) is 6.84. The summed E-state index contributed by atoms with van der Waals surface area (Å²) in [7, 11) is 0. The number of piperidine rings is 1. The van der Waals surface area contributed by atoms with Gasteiger partial charge in [0.1, 0.15) is 11.6 Å². The van der Waals surface area contributed by atoms with Crippen LogP contribution in [-0.2, 0) is 0 Å². The Morgan fingerprint density at radius 2 is 1.95 bits per heavy atom. The van der Waals surface area contributed by atoms with Gasteiger partial charge in [0.25, 0.3) is 0 Å². The quantitative estimate of drug-likeness (QED) is 0.882. The number of anilines is 1. The number of halogens is 2. The number of nitrogens with one attached hydrogen (secondary N) is 2. The molecule has 1 heterocycles. The average Bonchev–Trinajstić information content (AvgIpc) is 2.92. The second-order valence-electron chi connectivity index (χ2n) is 6.03. The molecule has 3 atom stereocenters. The summed E-state index contributed by atoms with van der Waals surface area (Å²) in [4.78, 5) is 0. The van der Waals surface area contributed by atoms with Crippen LogP contribution in [0.25, 0.3) is 0 Å². The Morgan fingerprint density at radius 1 is 1.05 bits per heavy atom. The first-order chi connectivity index (χ1) is 9.74. The van der Waals surface area contributed by atoms with Crippen LogP contribution in [0.1, 0.15) is 38.5 Å².